The molecule has 1 N–H and O–H groups in total. The summed E-state index contributed by atoms with van der Waals surface area (Å²) in [6.07, 6.45) is -4.88. The molecule has 0 unspecified atom stereocenters. The van der Waals surface area contributed by atoms with Gasteiger partial charge in [0.15, 0.2) is 5.82 Å². The van der Waals surface area contributed by atoms with Crippen molar-refractivity contribution in [3.05, 3.63) is 29.6 Å². The van der Waals surface area contributed by atoms with E-state index in [0.29, 0.717) is 6.07 Å². The van der Waals surface area contributed by atoms with Crippen molar-refractivity contribution < 1.29 is 31.9 Å². The average Bonchev–Trinajstić information content (AvgIpc) is 2.37. The molecule has 9 heteroatoms. The molecule has 0 heterocycles. The van der Waals surface area contributed by atoms with E-state index < -0.39 is 47.4 Å². The highest BCUT2D eigenvalue weighted by molar-refractivity contribution is 5.91. The number of anilines is 1. The van der Waals surface area contributed by atoms with Crippen LogP contribution in [0.25, 0.3) is 0 Å². The van der Waals surface area contributed by atoms with E-state index in [0.717, 1.165) is 17.0 Å². The van der Waals surface area contributed by atoms with Gasteiger partial charge < -0.3 is 15.0 Å². The molecule has 0 aliphatic carbocycles. The molecule has 0 atom stereocenters. The van der Waals surface area contributed by atoms with Gasteiger partial charge in [-0.1, -0.05) is 6.07 Å². The summed E-state index contributed by atoms with van der Waals surface area (Å²) in [4.78, 5) is 24.4. The van der Waals surface area contributed by atoms with E-state index in [1.807, 2.05) is 5.32 Å². The number of nitrogens with one attached hydrogen (secondary N) is 1. The molecule has 0 aliphatic heterocycles. The number of carbonyl (C=O) groups is 2. The Morgan fingerprint density at radius 1 is 1.21 bits per heavy atom. The van der Waals surface area contributed by atoms with Crippen molar-refractivity contribution in [3.63, 3.8) is 0 Å². The molecule has 1 rings (SSSR count). The third kappa shape index (κ3) is 5.71. The molecule has 0 bridgehead atoms. The second-order valence-corrected chi connectivity index (χ2v) is 6.04. The molecule has 0 saturated carbocycles. The Hall–Kier alpha value is -2.32. The summed E-state index contributed by atoms with van der Waals surface area (Å²) in [5.41, 5.74) is -2.87. The fourth-order valence-corrected chi connectivity index (χ4v) is 1.70. The molecule has 5 nitrogen and oxygen atoms in total. The Morgan fingerprint density at radius 3 is 2.29 bits per heavy atom. The van der Waals surface area contributed by atoms with Crippen molar-refractivity contribution in [2.24, 2.45) is 0 Å². The van der Waals surface area contributed by atoms with Gasteiger partial charge in [0.2, 0.25) is 0 Å². The largest absolute Gasteiger partial charge is 0.459 e. The van der Waals surface area contributed by atoms with Gasteiger partial charge in [0.05, 0.1) is 11.3 Å². The molecule has 24 heavy (non-hydrogen) atoms. The van der Waals surface area contributed by atoms with Crippen molar-refractivity contribution in [2.75, 3.05) is 18.9 Å². The summed E-state index contributed by atoms with van der Waals surface area (Å²) < 4.78 is 56.7. The van der Waals surface area contributed by atoms with Gasteiger partial charge in [0.25, 0.3) is 0 Å². The first-order valence-electron chi connectivity index (χ1n) is 6.91. The average molecular weight is 350 g/mol. The topological polar surface area (TPSA) is 58.6 Å². The Bertz CT molecular complexity index is 624. The second-order valence-electron chi connectivity index (χ2n) is 6.04. The Balaban J connectivity index is 2.80. The Labute approximate surface area is 136 Å². The van der Waals surface area contributed by atoms with Crippen LogP contribution < -0.4 is 5.32 Å². The number of hydrogen-bond donors (Lipinski definition) is 1. The summed E-state index contributed by atoms with van der Waals surface area (Å²) in [5.74, 6) is -2.30. The molecular weight excluding hydrogens is 332 g/mol. The van der Waals surface area contributed by atoms with Gasteiger partial charge in [0.1, 0.15) is 12.1 Å². The van der Waals surface area contributed by atoms with Crippen molar-refractivity contribution in [1.29, 1.82) is 0 Å². The molecule has 1 aromatic carbocycles. The number of hydrogen-bond acceptors (Lipinski definition) is 3. The van der Waals surface area contributed by atoms with Crippen molar-refractivity contribution >= 4 is 17.7 Å². The van der Waals surface area contributed by atoms with Crippen molar-refractivity contribution in [1.82, 2.24) is 4.90 Å². The zero-order chi connectivity index (χ0) is 18.7. The van der Waals surface area contributed by atoms with E-state index in [-0.39, 0.29) is 0 Å². The van der Waals surface area contributed by atoms with Crippen LogP contribution >= 0.6 is 0 Å². The fraction of sp³-hybridized carbons (Fsp3) is 0.467. The molecule has 0 radical (unpaired) electrons. The fourth-order valence-electron chi connectivity index (χ4n) is 1.70. The number of amides is 2. The predicted molar refractivity (Wildman–Crippen MR) is 78.9 cm³/mol. The van der Waals surface area contributed by atoms with Gasteiger partial charge in [-0.05, 0) is 32.9 Å². The van der Waals surface area contributed by atoms with Gasteiger partial charge in [0, 0.05) is 7.05 Å². The van der Waals surface area contributed by atoms with Gasteiger partial charge in [-0.25, -0.2) is 9.18 Å². The van der Waals surface area contributed by atoms with E-state index in [1.165, 1.54) is 7.05 Å². The van der Waals surface area contributed by atoms with Crippen LogP contribution in [0.15, 0.2) is 18.2 Å². The van der Waals surface area contributed by atoms with Gasteiger partial charge in [-0.3, -0.25) is 4.79 Å². The lowest BCUT2D eigenvalue weighted by Crippen LogP contribution is -2.38. The number of likely N-dealkylation sites (N-methyl/N-ethyl adjacent to an activating group) is 1. The number of ether oxygens (including phenoxy) is 1. The first kappa shape index (κ1) is 19.7. The molecule has 0 spiro atoms. The maximum atomic E-state index is 13.8. The van der Waals surface area contributed by atoms with Crippen LogP contribution in [0, 0.1) is 5.82 Å². The molecule has 134 valence electrons. The van der Waals surface area contributed by atoms with Gasteiger partial charge in [-0.2, -0.15) is 13.2 Å². The van der Waals surface area contributed by atoms with Crippen LogP contribution in [-0.2, 0) is 15.7 Å². The smallest absolute Gasteiger partial charge is 0.419 e. The van der Waals surface area contributed by atoms with Crippen LogP contribution in [0.2, 0.25) is 0 Å². The Kier molecular flexibility index (Phi) is 5.80. The first-order chi connectivity index (χ1) is 10.8. The standard InChI is InChI=1S/C15H18F4N2O3/c1-14(2,3)24-11(22)8-21(4)13(23)20-10-7-5-6-9(12(10)16)15(17,18)19/h5-7H,8H2,1-4H3,(H,20,23). The summed E-state index contributed by atoms with van der Waals surface area (Å²) in [5, 5.41) is 1.99. The van der Waals surface area contributed by atoms with E-state index in [4.69, 9.17) is 4.74 Å². The minimum absolute atomic E-state index is 0.441. The minimum atomic E-state index is -4.88. The monoisotopic (exact) mass is 350 g/mol. The highest BCUT2D eigenvalue weighted by atomic mass is 19.4. The minimum Gasteiger partial charge on any atom is -0.459 e. The third-order valence-corrected chi connectivity index (χ3v) is 2.68. The van der Waals surface area contributed by atoms with Gasteiger partial charge in [-0.15, -0.1) is 0 Å². The van der Waals surface area contributed by atoms with Crippen LogP contribution in [-0.4, -0.2) is 36.1 Å². The maximum Gasteiger partial charge on any atom is 0.419 e. The number of urea groups is 1. The number of carbonyl (C=O) groups excluding carboxylic acids is 2. The highest BCUT2D eigenvalue weighted by Crippen LogP contribution is 2.33. The number of rotatable bonds is 3. The molecule has 1 aromatic rings. The zero-order valence-corrected chi connectivity index (χ0v) is 13.6. The first-order valence-corrected chi connectivity index (χ1v) is 6.91. The second kappa shape index (κ2) is 7.06. The van der Waals surface area contributed by atoms with Crippen LogP contribution in [0.3, 0.4) is 0 Å². The molecule has 2 amide bonds. The maximum absolute atomic E-state index is 13.8. The van der Waals surface area contributed by atoms with Crippen LogP contribution in [0.5, 0.6) is 0 Å². The summed E-state index contributed by atoms with van der Waals surface area (Å²) in [6.45, 7) is 4.48. The van der Waals surface area contributed by atoms with Crippen molar-refractivity contribution in [3.8, 4) is 0 Å². The Morgan fingerprint density at radius 2 is 1.79 bits per heavy atom. The lowest BCUT2D eigenvalue weighted by molar-refractivity contribution is -0.155. The third-order valence-electron chi connectivity index (χ3n) is 2.68. The van der Waals surface area contributed by atoms with Crippen molar-refractivity contribution in [2.45, 2.75) is 32.5 Å². The predicted octanol–water partition coefficient (Wildman–Crippen LogP) is 3.65. The lowest BCUT2D eigenvalue weighted by atomic mass is 10.2. The lowest BCUT2D eigenvalue weighted by Gasteiger charge is -2.23. The summed E-state index contributed by atoms with van der Waals surface area (Å²) in [7, 11) is 1.23. The number of nitrogens with zero attached hydrogens (tertiary/aromatic N) is 1. The molecule has 0 fully saturated rings. The number of benzene rings is 1. The highest BCUT2D eigenvalue weighted by Gasteiger charge is 2.35. The molecule has 0 aromatic heterocycles. The number of alkyl halides is 3. The zero-order valence-electron chi connectivity index (χ0n) is 13.6. The number of esters is 1. The van der Waals surface area contributed by atoms with Crippen LogP contribution in [0.1, 0.15) is 26.3 Å². The van der Waals surface area contributed by atoms with E-state index in [2.05, 4.69) is 0 Å². The van der Waals surface area contributed by atoms with E-state index >= 15 is 0 Å². The molecule has 0 saturated heterocycles. The van der Waals surface area contributed by atoms with Crippen LogP contribution in [0.4, 0.5) is 28.0 Å². The quantitative estimate of drug-likeness (QED) is 0.669. The summed E-state index contributed by atoms with van der Waals surface area (Å²) in [6, 6.07) is 1.58. The number of halogens is 4. The SMILES string of the molecule is CN(CC(=O)OC(C)(C)C)C(=O)Nc1cccc(C(F)(F)F)c1F. The molecular formula is C15H18F4N2O3. The summed E-state index contributed by atoms with van der Waals surface area (Å²) >= 11 is 0. The van der Waals surface area contributed by atoms with E-state index in [1.54, 1.807) is 20.8 Å². The molecule has 0 aliphatic rings. The normalized spacial score (nSPS) is 11.8. The van der Waals surface area contributed by atoms with E-state index in [9.17, 15) is 27.2 Å². The van der Waals surface area contributed by atoms with Gasteiger partial charge >= 0.3 is 18.2 Å².